The standard InChI is InChI=1S/C14H16N2O4S2/c17-10(18)7-21-6-5-16-13(19)11-8-3-1-2-4-9(8)22-12(11)15-14(16)20/h1-7H2,(H,15,20)(H,17,18). The third kappa shape index (κ3) is 2.85. The van der Waals surface area contributed by atoms with Gasteiger partial charge in [-0.1, -0.05) is 0 Å². The summed E-state index contributed by atoms with van der Waals surface area (Å²) in [6.07, 6.45) is 4.07. The van der Waals surface area contributed by atoms with Gasteiger partial charge in [-0.15, -0.1) is 23.1 Å². The number of aliphatic carboxylic acids is 1. The predicted octanol–water partition coefficient (Wildman–Crippen LogP) is 1.45. The Morgan fingerprint density at radius 2 is 2.09 bits per heavy atom. The number of nitrogens with zero attached hydrogens (tertiary/aromatic N) is 1. The van der Waals surface area contributed by atoms with Gasteiger partial charge in [0.2, 0.25) is 0 Å². The van der Waals surface area contributed by atoms with Crippen molar-refractivity contribution < 1.29 is 9.90 Å². The SMILES string of the molecule is O=C(O)CSCCn1c(=O)[nH]c2sc3c(c2c1=O)CCCC3. The molecule has 2 aromatic heterocycles. The number of carboxylic acids is 1. The lowest BCUT2D eigenvalue weighted by atomic mass is 9.97. The van der Waals surface area contributed by atoms with Crippen LogP contribution in [0.4, 0.5) is 0 Å². The number of H-pyrrole nitrogens is 1. The molecule has 0 saturated carbocycles. The first-order valence-electron chi connectivity index (χ1n) is 7.15. The second kappa shape index (κ2) is 6.29. The molecule has 0 saturated heterocycles. The largest absolute Gasteiger partial charge is 0.481 e. The Labute approximate surface area is 134 Å². The van der Waals surface area contributed by atoms with Crippen molar-refractivity contribution in [2.45, 2.75) is 32.2 Å². The van der Waals surface area contributed by atoms with E-state index in [2.05, 4.69) is 4.98 Å². The van der Waals surface area contributed by atoms with E-state index in [0.29, 0.717) is 16.0 Å². The molecule has 0 fully saturated rings. The van der Waals surface area contributed by atoms with E-state index in [1.54, 1.807) is 0 Å². The van der Waals surface area contributed by atoms with E-state index >= 15 is 0 Å². The van der Waals surface area contributed by atoms with Crippen LogP contribution in [-0.2, 0) is 24.2 Å². The third-order valence-electron chi connectivity index (χ3n) is 3.78. The number of fused-ring (bicyclic) bond motifs is 3. The maximum atomic E-state index is 12.6. The Morgan fingerprint density at radius 3 is 2.86 bits per heavy atom. The smallest absolute Gasteiger partial charge is 0.329 e. The van der Waals surface area contributed by atoms with Crippen LogP contribution in [0.25, 0.3) is 10.2 Å². The Hall–Kier alpha value is -1.54. The predicted molar refractivity (Wildman–Crippen MR) is 88.3 cm³/mol. The van der Waals surface area contributed by atoms with E-state index < -0.39 is 11.7 Å². The van der Waals surface area contributed by atoms with E-state index in [1.165, 1.54) is 32.5 Å². The minimum atomic E-state index is -0.895. The highest BCUT2D eigenvalue weighted by molar-refractivity contribution is 7.99. The molecule has 1 aliphatic rings. The van der Waals surface area contributed by atoms with Gasteiger partial charge in [0, 0.05) is 17.2 Å². The molecule has 22 heavy (non-hydrogen) atoms. The maximum absolute atomic E-state index is 12.6. The maximum Gasteiger partial charge on any atom is 0.329 e. The van der Waals surface area contributed by atoms with Crippen molar-refractivity contribution in [2.75, 3.05) is 11.5 Å². The summed E-state index contributed by atoms with van der Waals surface area (Å²) in [7, 11) is 0. The molecule has 6 nitrogen and oxygen atoms in total. The van der Waals surface area contributed by atoms with Crippen LogP contribution in [0.3, 0.4) is 0 Å². The lowest BCUT2D eigenvalue weighted by Gasteiger charge is -2.10. The summed E-state index contributed by atoms with van der Waals surface area (Å²) < 4.78 is 1.19. The highest BCUT2D eigenvalue weighted by Crippen LogP contribution is 2.32. The Kier molecular flexibility index (Phi) is 4.39. The molecule has 3 rings (SSSR count). The van der Waals surface area contributed by atoms with Crippen LogP contribution in [0, 0.1) is 0 Å². The van der Waals surface area contributed by atoms with Crippen molar-refractivity contribution in [3.8, 4) is 0 Å². The zero-order valence-corrected chi connectivity index (χ0v) is 13.5. The fraction of sp³-hybridized carbons (Fsp3) is 0.500. The minimum Gasteiger partial charge on any atom is -0.481 e. The molecule has 0 unspecified atom stereocenters. The zero-order chi connectivity index (χ0) is 15.7. The molecular weight excluding hydrogens is 324 g/mol. The number of thioether (sulfide) groups is 1. The van der Waals surface area contributed by atoms with Crippen LogP contribution in [-0.4, -0.2) is 32.1 Å². The van der Waals surface area contributed by atoms with Crippen molar-refractivity contribution in [3.63, 3.8) is 0 Å². The lowest BCUT2D eigenvalue weighted by Crippen LogP contribution is -2.35. The Balaban J connectivity index is 1.95. The van der Waals surface area contributed by atoms with Gasteiger partial charge in [0.25, 0.3) is 5.56 Å². The second-order valence-corrected chi connectivity index (χ2v) is 7.46. The molecule has 0 aliphatic heterocycles. The van der Waals surface area contributed by atoms with Gasteiger partial charge in [-0.05, 0) is 31.2 Å². The first kappa shape index (κ1) is 15.4. The van der Waals surface area contributed by atoms with Gasteiger partial charge in [-0.3, -0.25) is 19.1 Å². The second-order valence-electron chi connectivity index (χ2n) is 5.25. The Bertz CT molecular complexity index is 834. The summed E-state index contributed by atoms with van der Waals surface area (Å²) in [4.78, 5) is 39.9. The number of hydrogen-bond donors (Lipinski definition) is 2. The highest BCUT2D eigenvalue weighted by atomic mass is 32.2. The lowest BCUT2D eigenvalue weighted by molar-refractivity contribution is -0.133. The van der Waals surface area contributed by atoms with E-state index in [-0.39, 0.29) is 17.9 Å². The number of aryl methyl sites for hydroxylation is 2. The molecule has 118 valence electrons. The van der Waals surface area contributed by atoms with Gasteiger partial charge in [0.15, 0.2) is 0 Å². The van der Waals surface area contributed by atoms with Gasteiger partial charge in [-0.2, -0.15) is 0 Å². The zero-order valence-electron chi connectivity index (χ0n) is 11.9. The van der Waals surface area contributed by atoms with Crippen molar-refractivity contribution in [3.05, 3.63) is 31.3 Å². The number of nitrogens with one attached hydrogen (secondary N) is 1. The number of carbonyl (C=O) groups is 1. The summed E-state index contributed by atoms with van der Waals surface area (Å²) in [5.41, 5.74) is 0.445. The molecule has 2 aromatic rings. The first-order chi connectivity index (χ1) is 10.6. The number of thiophene rings is 1. The quantitative estimate of drug-likeness (QED) is 0.804. The number of rotatable bonds is 5. The highest BCUT2D eigenvalue weighted by Gasteiger charge is 2.20. The van der Waals surface area contributed by atoms with Crippen molar-refractivity contribution in [1.29, 1.82) is 0 Å². The summed E-state index contributed by atoms with van der Waals surface area (Å²) in [5.74, 6) is -0.496. The van der Waals surface area contributed by atoms with Crippen LogP contribution >= 0.6 is 23.1 Å². The molecule has 1 aliphatic carbocycles. The number of hydrogen-bond acceptors (Lipinski definition) is 5. The van der Waals surface area contributed by atoms with E-state index in [4.69, 9.17) is 5.11 Å². The van der Waals surface area contributed by atoms with Crippen LogP contribution in [0.5, 0.6) is 0 Å². The number of aromatic nitrogens is 2. The number of aromatic amines is 1. The summed E-state index contributed by atoms with van der Waals surface area (Å²) in [6, 6.07) is 0. The van der Waals surface area contributed by atoms with Gasteiger partial charge in [-0.25, -0.2) is 4.79 Å². The Morgan fingerprint density at radius 1 is 1.32 bits per heavy atom. The van der Waals surface area contributed by atoms with Gasteiger partial charge in [0.1, 0.15) is 4.83 Å². The molecule has 0 radical (unpaired) electrons. The van der Waals surface area contributed by atoms with Crippen LogP contribution in [0.15, 0.2) is 9.59 Å². The van der Waals surface area contributed by atoms with E-state index in [0.717, 1.165) is 31.2 Å². The van der Waals surface area contributed by atoms with Crippen molar-refractivity contribution in [1.82, 2.24) is 9.55 Å². The summed E-state index contributed by atoms with van der Waals surface area (Å²) in [5, 5.41) is 9.27. The third-order valence-corrected chi connectivity index (χ3v) is 5.91. The van der Waals surface area contributed by atoms with E-state index in [1.807, 2.05) is 0 Å². The van der Waals surface area contributed by atoms with Gasteiger partial charge in [0.05, 0.1) is 11.1 Å². The molecule has 0 amide bonds. The molecule has 0 atom stereocenters. The van der Waals surface area contributed by atoms with Crippen LogP contribution in [0.2, 0.25) is 0 Å². The minimum absolute atomic E-state index is 0.0251. The summed E-state index contributed by atoms with van der Waals surface area (Å²) in [6.45, 7) is 0.229. The fourth-order valence-electron chi connectivity index (χ4n) is 2.79. The molecule has 8 heteroatoms. The van der Waals surface area contributed by atoms with Crippen LogP contribution in [0.1, 0.15) is 23.3 Å². The molecule has 0 aromatic carbocycles. The normalized spacial score (nSPS) is 14.2. The van der Waals surface area contributed by atoms with Crippen molar-refractivity contribution in [2.24, 2.45) is 0 Å². The molecular formula is C14H16N2O4S2. The molecule has 2 heterocycles. The average molecular weight is 340 g/mol. The molecule has 2 N–H and O–H groups in total. The van der Waals surface area contributed by atoms with Gasteiger partial charge >= 0.3 is 11.7 Å². The molecule has 0 bridgehead atoms. The average Bonchev–Trinajstić information content (AvgIpc) is 2.83. The topological polar surface area (TPSA) is 92.2 Å². The summed E-state index contributed by atoms with van der Waals surface area (Å²) >= 11 is 2.72. The monoisotopic (exact) mass is 340 g/mol. The van der Waals surface area contributed by atoms with Gasteiger partial charge < -0.3 is 5.11 Å². The molecule has 0 spiro atoms. The van der Waals surface area contributed by atoms with Crippen LogP contribution < -0.4 is 11.2 Å². The van der Waals surface area contributed by atoms with E-state index in [9.17, 15) is 14.4 Å². The first-order valence-corrected chi connectivity index (χ1v) is 9.12. The number of carboxylic acid groups (broad SMARTS) is 1. The fourth-order valence-corrected chi connectivity index (χ4v) is 4.69. The van der Waals surface area contributed by atoms with Crippen molar-refractivity contribution >= 4 is 39.3 Å².